The number of hydrogen-bond donors (Lipinski definition) is 2. The van der Waals surface area contributed by atoms with Crippen molar-refractivity contribution in [1.29, 1.82) is 0 Å². The SMILES string of the molecule is COc1ccc(-c2cccc(Oc3nc(C)c(Br)cc3S(N)(=O)=O)c2)cc1.COc1ccc(-c2cccc([O-])c2)cc1.IC(I)I.NS(=O)(=O)c1cc(Br)cnc1Cl.[CH2-]I.[Na+].[V]. The largest absolute Gasteiger partial charge is 1.00 e. The Morgan fingerprint density at radius 1 is 0.710 bits per heavy atom. The van der Waals surface area contributed by atoms with Crippen LogP contribution in [0.15, 0.2) is 134 Å². The van der Waals surface area contributed by atoms with Gasteiger partial charge in [-0.3, -0.25) is 4.93 Å². The second-order valence-corrected chi connectivity index (χ2v) is 27.3. The molecular formula is C39H35Br2ClI4N4NaO8S2V-. The number of aromatic nitrogens is 2. The number of nitrogens with two attached hydrogens (primary N) is 2. The van der Waals surface area contributed by atoms with E-state index in [1.54, 1.807) is 51.5 Å². The van der Waals surface area contributed by atoms with Crippen molar-refractivity contribution >= 4 is 154 Å². The number of halogens is 7. The molecule has 0 atom stereocenters. The molecule has 0 aliphatic carbocycles. The number of methoxy groups -OCH3 is 2. The molecule has 2 heterocycles. The van der Waals surface area contributed by atoms with Crippen LogP contribution in [-0.2, 0) is 38.6 Å². The second kappa shape index (κ2) is 31.1. The van der Waals surface area contributed by atoms with Gasteiger partial charge >= 0.3 is 29.6 Å². The Morgan fingerprint density at radius 3 is 1.58 bits per heavy atom. The summed E-state index contributed by atoms with van der Waals surface area (Å²) in [5.41, 5.74) is 4.41. The number of rotatable bonds is 8. The molecule has 327 valence electrons. The van der Waals surface area contributed by atoms with Crippen LogP contribution in [0.4, 0.5) is 0 Å². The first-order valence-electron chi connectivity index (χ1n) is 16.3. The number of primary sulfonamides is 2. The van der Waals surface area contributed by atoms with E-state index in [-0.39, 0.29) is 74.7 Å². The van der Waals surface area contributed by atoms with Gasteiger partial charge in [-0.25, -0.2) is 37.1 Å². The number of hydrogen-bond acceptors (Lipinski definition) is 10. The van der Waals surface area contributed by atoms with Crippen LogP contribution < -0.4 is 59.2 Å². The molecule has 0 aliphatic rings. The van der Waals surface area contributed by atoms with E-state index in [9.17, 15) is 21.9 Å². The molecule has 0 aliphatic heterocycles. The minimum atomic E-state index is -3.99. The van der Waals surface area contributed by atoms with E-state index >= 15 is 0 Å². The topological polar surface area (TPSA) is 197 Å². The van der Waals surface area contributed by atoms with Crippen molar-refractivity contribution in [3.8, 4) is 51.1 Å². The Kier molecular flexibility index (Phi) is 31.1. The number of nitrogens with zero attached hydrogens (tertiary/aromatic N) is 2. The molecule has 0 saturated heterocycles. The number of aryl methyl sites for hydroxylation is 1. The van der Waals surface area contributed by atoms with Gasteiger partial charge in [0.05, 0.1) is 19.9 Å². The Bertz CT molecular complexity index is 2540. The fraction of sp³-hybridized carbons (Fsp3) is 0.103. The molecule has 6 rings (SSSR count). The zero-order valence-corrected chi connectivity index (χ0v) is 50.6. The van der Waals surface area contributed by atoms with Gasteiger partial charge in [-0.1, -0.05) is 140 Å². The number of alkyl halides is 3. The summed E-state index contributed by atoms with van der Waals surface area (Å²) < 4.78 is 63.2. The Hall–Kier alpha value is -0.0456. The number of pyridine rings is 2. The summed E-state index contributed by atoms with van der Waals surface area (Å²) >= 11 is 20.7. The van der Waals surface area contributed by atoms with Gasteiger partial charge in [0.2, 0.25) is 25.9 Å². The van der Waals surface area contributed by atoms with Crippen molar-refractivity contribution in [2.45, 2.75) is 16.7 Å². The smallest absolute Gasteiger partial charge is 0.872 e. The molecule has 1 radical (unpaired) electrons. The average Bonchev–Trinajstić information content (AvgIpc) is 3.20. The van der Waals surface area contributed by atoms with Crippen LogP contribution in [0.2, 0.25) is 5.15 Å². The molecule has 6 aromatic rings. The summed E-state index contributed by atoms with van der Waals surface area (Å²) in [5, 5.41) is 21.2. The maximum absolute atomic E-state index is 11.9. The van der Waals surface area contributed by atoms with Crippen LogP contribution in [0.3, 0.4) is 0 Å². The van der Waals surface area contributed by atoms with E-state index in [1.165, 1.54) is 18.3 Å². The van der Waals surface area contributed by atoms with E-state index in [4.69, 9.17) is 36.1 Å². The van der Waals surface area contributed by atoms with Crippen molar-refractivity contribution in [3.63, 3.8) is 0 Å². The third-order valence-electron chi connectivity index (χ3n) is 7.20. The van der Waals surface area contributed by atoms with E-state index in [0.29, 0.717) is 20.4 Å². The summed E-state index contributed by atoms with van der Waals surface area (Å²) in [4.78, 5) is 10.7. The molecule has 4 aromatic carbocycles. The molecule has 0 spiro atoms. The summed E-state index contributed by atoms with van der Waals surface area (Å²) in [6.45, 7) is 1.73. The van der Waals surface area contributed by atoms with Crippen molar-refractivity contribution < 1.29 is 84.3 Å². The molecule has 12 nitrogen and oxygen atoms in total. The van der Waals surface area contributed by atoms with Gasteiger partial charge in [-0.05, 0) is 110 Å². The first-order valence-corrected chi connectivity index (χ1v) is 26.6. The second-order valence-electron chi connectivity index (χ2n) is 11.3. The van der Waals surface area contributed by atoms with Crippen LogP contribution in [0.25, 0.3) is 22.3 Å². The van der Waals surface area contributed by atoms with Gasteiger partial charge in [0.25, 0.3) is 0 Å². The predicted molar refractivity (Wildman–Crippen MR) is 278 cm³/mol. The van der Waals surface area contributed by atoms with Gasteiger partial charge < -0.3 is 41.9 Å². The van der Waals surface area contributed by atoms with Gasteiger partial charge in [0.1, 0.15) is 32.1 Å². The van der Waals surface area contributed by atoms with Crippen LogP contribution in [-0.4, -0.2) is 41.0 Å². The number of benzene rings is 4. The van der Waals surface area contributed by atoms with Crippen LogP contribution in [0, 0.1) is 11.9 Å². The minimum absolute atomic E-state index is 0. The first kappa shape index (κ1) is 62.0. The molecular weight excluding hydrogens is 1490 g/mol. The first-order chi connectivity index (χ1) is 28.2. The third kappa shape index (κ3) is 22.2. The fourth-order valence-electron chi connectivity index (χ4n) is 4.52. The number of sulfonamides is 2. The Labute approximate surface area is 473 Å². The predicted octanol–water partition coefficient (Wildman–Crippen LogP) is 8.64. The molecule has 23 heteroatoms. The fourth-order valence-corrected chi connectivity index (χ4v) is 7.09. The van der Waals surface area contributed by atoms with Crippen molar-refractivity contribution in [2.24, 2.45) is 10.3 Å². The van der Waals surface area contributed by atoms with Gasteiger partial charge in [-0.2, -0.15) is 0 Å². The monoisotopic (exact) mass is 1530 g/mol. The van der Waals surface area contributed by atoms with Gasteiger partial charge in [-0.15, -0.1) is 5.75 Å². The molecule has 4 N–H and O–H groups in total. The van der Waals surface area contributed by atoms with Crippen molar-refractivity contribution in [3.05, 3.63) is 140 Å². The zero-order chi connectivity index (χ0) is 45.2. The standard InChI is InChI=1S/C19H17BrN2O4S.C13H12O2.C5H4BrClN2O2S.CHI3.CH2I.Na.V/c1-12-17(20)11-18(27(21,23)24)19(22-12)26-16-5-3-4-14(10-16)13-6-8-15(25-2)9-7-13;1-15-13-7-5-10(6-8-13)11-3-2-4-12(14)9-11;6-3-1-4(12(8,10)11)5(7)9-2-3;2-1(3)4;1-2;;/h3-11H,1-2H3,(H2,21,23,24);2-9,14H,1H3;1-2H,(H2,8,10,11);1H;1H2;;/q;;;;-1;+1;/p-1. The Morgan fingerprint density at radius 2 is 1.16 bits per heavy atom. The van der Waals surface area contributed by atoms with Gasteiger partial charge in [0.15, 0.2) is 0 Å². The Balaban J connectivity index is 0.000000901. The van der Waals surface area contributed by atoms with Crippen LogP contribution in [0.1, 0.15) is 5.69 Å². The maximum Gasteiger partial charge on any atom is 1.00 e. The molecule has 0 unspecified atom stereocenters. The van der Waals surface area contributed by atoms with Crippen molar-refractivity contribution in [2.75, 3.05) is 14.2 Å². The van der Waals surface area contributed by atoms with Crippen LogP contribution in [0.5, 0.6) is 28.9 Å². The minimum Gasteiger partial charge on any atom is -0.872 e. The maximum atomic E-state index is 11.9. The molecule has 2 aromatic heterocycles. The molecule has 0 fully saturated rings. The van der Waals surface area contributed by atoms with Crippen molar-refractivity contribution in [1.82, 2.24) is 9.97 Å². The third-order valence-corrected chi connectivity index (χ3v) is 10.7. The summed E-state index contributed by atoms with van der Waals surface area (Å²) in [6, 6.07) is 32.0. The van der Waals surface area contributed by atoms with Gasteiger partial charge in [0, 0.05) is 33.7 Å². The zero-order valence-electron chi connectivity index (χ0n) is 33.0. The van der Waals surface area contributed by atoms with Crippen LogP contribution >= 0.6 is 134 Å². The quantitative estimate of drug-likeness (QED) is 0.0489. The number of ether oxygens (including phenoxy) is 3. The average molecular weight is 1530 g/mol. The summed E-state index contributed by atoms with van der Waals surface area (Å²) in [6.07, 6.45) is 1.39. The summed E-state index contributed by atoms with van der Waals surface area (Å²) in [5.74, 6) is 1.99. The van der Waals surface area contributed by atoms with E-state index in [0.717, 1.165) is 33.7 Å². The summed E-state index contributed by atoms with van der Waals surface area (Å²) in [7, 11) is -4.53. The molecule has 0 amide bonds. The normalized spacial score (nSPS) is 10.2. The molecule has 0 saturated carbocycles. The van der Waals surface area contributed by atoms with E-state index < -0.39 is 20.0 Å². The van der Waals surface area contributed by atoms with E-state index in [1.807, 2.05) is 89.3 Å². The van der Waals surface area contributed by atoms with E-state index in [2.05, 4.69) is 115 Å². The molecule has 0 bridgehead atoms. The molecule has 62 heavy (non-hydrogen) atoms.